The van der Waals surface area contributed by atoms with Crippen LogP contribution < -0.4 is 5.32 Å². The minimum absolute atomic E-state index is 0.358. The summed E-state index contributed by atoms with van der Waals surface area (Å²) in [4.78, 5) is 4.28. The van der Waals surface area contributed by atoms with Crippen LogP contribution in [0.2, 0.25) is 0 Å². The molecule has 100 valence electrons. The van der Waals surface area contributed by atoms with Crippen molar-refractivity contribution in [2.24, 2.45) is 5.92 Å². The first kappa shape index (κ1) is 12.4. The number of halogens is 1. The van der Waals surface area contributed by atoms with Gasteiger partial charge in [0.25, 0.3) is 0 Å². The molecule has 0 fully saturated rings. The van der Waals surface area contributed by atoms with Crippen molar-refractivity contribution in [2.75, 3.05) is 5.32 Å². The van der Waals surface area contributed by atoms with Gasteiger partial charge in [0.15, 0.2) is 0 Å². The maximum atomic E-state index is 4.28. The van der Waals surface area contributed by atoms with E-state index in [1.54, 1.807) is 0 Å². The van der Waals surface area contributed by atoms with Crippen LogP contribution in [-0.2, 0) is 0 Å². The van der Waals surface area contributed by atoms with E-state index in [-0.39, 0.29) is 0 Å². The molecule has 1 aromatic carbocycles. The smallest absolute Gasteiger partial charge is 0.0569 e. The van der Waals surface area contributed by atoms with Crippen LogP contribution in [0.4, 0.5) is 5.69 Å². The van der Waals surface area contributed by atoms with Crippen LogP contribution in [0.3, 0.4) is 0 Å². The van der Waals surface area contributed by atoms with Crippen molar-refractivity contribution in [2.45, 2.75) is 18.4 Å². The quantitative estimate of drug-likeness (QED) is 0.587. The number of fused-ring (bicyclic) bond motifs is 3. The fraction of sp³-hybridized carbons (Fsp3) is 0.235. The summed E-state index contributed by atoms with van der Waals surface area (Å²) in [6.07, 6.45) is 9.68. The van der Waals surface area contributed by atoms with E-state index < -0.39 is 0 Å². The molecule has 1 aromatic heterocycles. The van der Waals surface area contributed by atoms with Crippen LogP contribution in [0.1, 0.15) is 29.5 Å². The van der Waals surface area contributed by atoms with E-state index in [1.807, 2.05) is 18.5 Å². The first-order chi connectivity index (χ1) is 9.83. The normalized spacial score (nSPS) is 26.8. The number of hydrogen-bond donors (Lipinski definition) is 1. The highest BCUT2D eigenvalue weighted by atomic mass is 127. The number of nitrogens with zero attached hydrogens (tertiary/aromatic N) is 1. The minimum atomic E-state index is 0.358. The van der Waals surface area contributed by atoms with Crippen LogP contribution in [0, 0.1) is 9.49 Å². The summed E-state index contributed by atoms with van der Waals surface area (Å²) in [6.45, 7) is 0. The van der Waals surface area contributed by atoms with Gasteiger partial charge in [0, 0.05) is 27.6 Å². The highest BCUT2D eigenvalue weighted by Crippen LogP contribution is 2.49. The van der Waals surface area contributed by atoms with Gasteiger partial charge in [0.1, 0.15) is 0 Å². The molecular formula is C17H15IN2. The average Bonchev–Trinajstić information content (AvgIpc) is 2.97. The zero-order valence-corrected chi connectivity index (χ0v) is 13.1. The summed E-state index contributed by atoms with van der Waals surface area (Å²) in [5.41, 5.74) is 4.00. The molecule has 2 aliphatic rings. The van der Waals surface area contributed by atoms with Gasteiger partial charge in [-0.3, -0.25) is 4.98 Å². The fourth-order valence-corrected chi connectivity index (χ4v) is 3.97. The lowest BCUT2D eigenvalue weighted by Crippen LogP contribution is -2.29. The van der Waals surface area contributed by atoms with E-state index in [2.05, 4.69) is 69.3 Å². The monoisotopic (exact) mass is 374 g/mol. The lowest BCUT2D eigenvalue weighted by atomic mass is 9.77. The molecule has 3 heteroatoms. The molecule has 0 amide bonds. The van der Waals surface area contributed by atoms with Crippen molar-refractivity contribution in [3.05, 3.63) is 69.6 Å². The van der Waals surface area contributed by atoms with Gasteiger partial charge in [-0.25, -0.2) is 0 Å². The van der Waals surface area contributed by atoms with E-state index >= 15 is 0 Å². The predicted molar refractivity (Wildman–Crippen MR) is 89.7 cm³/mol. The first-order valence-corrected chi connectivity index (χ1v) is 8.03. The van der Waals surface area contributed by atoms with Crippen LogP contribution in [0.15, 0.2) is 54.9 Å². The molecule has 2 nitrogen and oxygen atoms in total. The molecule has 1 aliphatic carbocycles. The maximum absolute atomic E-state index is 4.28. The topological polar surface area (TPSA) is 24.9 Å². The molecule has 3 atom stereocenters. The van der Waals surface area contributed by atoms with Gasteiger partial charge in [-0.05, 0) is 70.3 Å². The Labute approximate surface area is 132 Å². The van der Waals surface area contributed by atoms with Gasteiger partial charge < -0.3 is 5.32 Å². The van der Waals surface area contributed by atoms with Crippen LogP contribution in [0.25, 0.3) is 0 Å². The number of anilines is 1. The number of benzene rings is 1. The minimum Gasteiger partial charge on any atom is -0.378 e. The van der Waals surface area contributed by atoms with E-state index in [9.17, 15) is 0 Å². The SMILES string of the molecule is Ic1ccc2c(c1)C1C=CCC1C(c1cccnc1)N2. The lowest BCUT2D eigenvalue weighted by molar-refractivity contribution is 0.425. The fourth-order valence-electron chi connectivity index (χ4n) is 3.46. The van der Waals surface area contributed by atoms with Crippen molar-refractivity contribution in [3.63, 3.8) is 0 Å². The number of nitrogens with one attached hydrogen (secondary N) is 1. The lowest BCUT2D eigenvalue weighted by Gasteiger charge is -2.37. The predicted octanol–water partition coefficient (Wildman–Crippen LogP) is 4.51. The summed E-state index contributed by atoms with van der Waals surface area (Å²) in [7, 11) is 0. The molecule has 0 spiro atoms. The Morgan fingerprint density at radius 1 is 1.25 bits per heavy atom. The highest BCUT2D eigenvalue weighted by Gasteiger charge is 2.37. The van der Waals surface area contributed by atoms with Crippen molar-refractivity contribution >= 4 is 28.3 Å². The zero-order chi connectivity index (χ0) is 13.5. The summed E-state index contributed by atoms with van der Waals surface area (Å²) >= 11 is 2.39. The second-order valence-corrected chi connectivity index (χ2v) is 6.74. The van der Waals surface area contributed by atoms with Gasteiger partial charge >= 0.3 is 0 Å². The summed E-state index contributed by atoms with van der Waals surface area (Å²) in [6, 6.07) is 11.3. The Morgan fingerprint density at radius 2 is 2.20 bits per heavy atom. The van der Waals surface area contributed by atoms with Crippen LogP contribution >= 0.6 is 22.6 Å². The molecular weight excluding hydrogens is 359 g/mol. The van der Waals surface area contributed by atoms with Crippen molar-refractivity contribution < 1.29 is 0 Å². The molecule has 20 heavy (non-hydrogen) atoms. The van der Waals surface area contributed by atoms with Crippen LogP contribution in [-0.4, -0.2) is 4.98 Å². The van der Waals surface area contributed by atoms with Gasteiger partial charge in [-0.2, -0.15) is 0 Å². The Hall–Kier alpha value is -1.36. The second-order valence-electron chi connectivity index (χ2n) is 5.49. The Balaban J connectivity index is 1.80. The number of pyridine rings is 1. The van der Waals surface area contributed by atoms with Crippen molar-refractivity contribution in [1.82, 2.24) is 4.98 Å². The Bertz CT molecular complexity index is 666. The third-order valence-electron chi connectivity index (χ3n) is 4.37. The van der Waals surface area contributed by atoms with Crippen molar-refractivity contribution in [1.29, 1.82) is 0 Å². The van der Waals surface area contributed by atoms with E-state index in [4.69, 9.17) is 0 Å². The number of aromatic nitrogens is 1. The molecule has 0 saturated heterocycles. The van der Waals surface area contributed by atoms with Gasteiger partial charge in [-0.1, -0.05) is 18.2 Å². The number of rotatable bonds is 1. The third-order valence-corrected chi connectivity index (χ3v) is 5.04. The largest absolute Gasteiger partial charge is 0.378 e. The maximum Gasteiger partial charge on any atom is 0.0569 e. The standard InChI is InChI=1S/C17H15IN2/c18-12-6-7-16-15(9-12)13-4-1-5-14(13)17(20-16)11-3-2-8-19-10-11/h1-4,6-10,13-14,17,20H,5H2. The molecule has 2 heterocycles. The van der Waals surface area contributed by atoms with E-state index in [0.29, 0.717) is 17.9 Å². The Kier molecular flexibility index (Phi) is 3.02. The van der Waals surface area contributed by atoms with Gasteiger partial charge in [0.2, 0.25) is 0 Å². The average molecular weight is 374 g/mol. The van der Waals surface area contributed by atoms with Gasteiger partial charge in [-0.15, -0.1) is 0 Å². The number of hydrogen-bond acceptors (Lipinski definition) is 2. The van der Waals surface area contributed by atoms with Crippen LogP contribution in [0.5, 0.6) is 0 Å². The molecule has 2 aromatic rings. The molecule has 1 N–H and O–H groups in total. The summed E-state index contributed by atoms with van der Waals surface area (Å²) in [5, 5.41) is 3.73. The molecule has 0 saturated carbocycles. The zero-order valence-electron chi connectivity index (χ0n) is 11.0. The summed E-state index contributed by atoms with van der Waals surface area (Å²) < 4.78 is 1.31. The molecule has 0 radical (unpaired) electrons. The summed E-state index contributed by atoms with van der Waals surface area (Å²) in [5.74, 6) is 1.14. The van der Waals surface area contributed by atoms with Gasteiger partial charge in [0.05, 0.1) is 6.04 Å². The highest BCUT2D eigenvalue weighted by molar-refractivity contribution is 14.1. The third kappa shape index (κ3) is 1.95. The number of allylic oxidation sites excluding steroid dienone is 2. The molecule has 1 aliphatic heterocycles. The Morgan fingerprint density at radius 3 is 3.05 bits per heavy atom. The molecule has 3 unspecified atom stereocenters. The molecule has 4 rings (SSSR count). The van der Waals surface area contributed by atoms with Crippen molar-refractivity contribution in [3.8, 4) is 0 Å². The van der Waals surface area contributed by atoms with E-state index in [1.165, 1.54) is 20.4 Å². The molecule has 0 bridgehead atoms. The first-order valence-electron chi connectivity index (χ1n) is 6.95. The second kappa shape index (κ2) is 4.88. The van der Waals surface area contributed by atoms with E-state index in [0.717, 1.165) is 6.42 Å².